The lowest BCUT2D eigenvalue weighted by Crippen LogP contribution is -2.21. The van der Waals surface area contributed by atoms with Crippen LogP contribution in [0.2, 0.25) is 10.0 Å². The number of benzene rings is 1. The molecule has 0 heterocycles. The van der Waals surface area contributed by atoms with Gasteiger partial charge in [0, 0.05) is 21.9 Å². The first-order valence-corrected chi connectivity index (χ1v) is 8.15. The molecule has 1 aromatic carbocycles. The largest absolute Gasteiger partial charge is 0.386 e. The topological polar surface area (TPSA) is 54.4 Å². The third-order valence-electron chi connectivity index (χ3n) is 1.94. The monoisotopic (exact) mass is 394 g/mol. The smallest absolute Gasteiger partial charge is 0.162 e. The molecule has 1 aromatic rings. The molecule has 0 aromatic heterocycles. The maximum absolute atomic E-state index is 11.3. The van der Waals surface area contributed by atoms with E-state index in [1.165, 1.54) is 12.1 Å². The quantitative estimate of drug-likeness (QED) is 0.633. The van der Waals surface area contributed by atoms with Crippen molar-refractivity contribution in [2.75, 3.05) is 6.26 Å². The molecule has 1 rings (SSSR count). The zero-order valence-electron chi connectivity index (χ0n) is 8.19. The van der Waals surface area contributed by atoms with E-state index in [0.29, 0.717) is 10.6 Å². The van der Waals surface area contributed by atoms with Gasteiger partial charge in [-0.05, 0) is 12.1 Å². The van der Waals surface area contributed by atoms with Gasteiger partial charge in [-0.2, -0.15) is 0 Å². The molecule has 7 heteroatoms. The molecule has 0 fully saturated rings. The van der Waals surface area contributed by atoms with Crippen LogP contribution in [-0.4, -0.2) is 23.0 Å². The fourth-order valence-corrected chi connectivity index (χ4v) is 2.64. The minimum absolute atomic E-state index is 0.255. The van der Waals surface area contributed by atoms with Crippen LogP contribution in [0.1, 0.15) is 11.7 Å². The molecule has 90 valence electrons. The molecule has 0 radical (unpaired) electrons. The number of sulfone groups is 1. The summed E-state index contributed by atoms with van der Waals surface area (Å²) < 4.78 is 21.6. The van der Waals surface area contributed by atoms with Gasteiger partial charge in [0.15, 0.2) is 9.84 Å². The molecule has 0 bridgehead atoms. The number of hydrogen-bond donors (Lipinski definition) is 1. The van der Waals surface area contributed by atoms with Crippen molar-refractivity contribution in [2.45, 2.75) is 9.36 Å². The van der Waals surface area contributed by atoms with Crippen LogP contribution in [0.4, 0.5) is 0 Å². The Balaban J connectivity index is 3.10. The van der Waals surface area contributed by atoms with Crippen LogP contribution in [0, 0.1) is 0 Å². The van der Waals surface area contributed by atoms with Gasteiger partial charge in [0.2, 0.25) is 0 Å². The number of aliphatic hydroxyl groups is 1. The summed E-state index contributed by atoms with van der Waals surface area (Å²) in [4.78, 5) is 0. The highest BCUT2D eigenvalue weighted by molar-refractivity contribution is 14.1. The Kier molecular flexibility index (Phi) is 4.88. The van der Waals surface area contributed by atoms with Gasteiger partial charge >= 0.3 is 0 Å². The molecule has 0 saturated heterocycles. The first-order valence-electron chi connectivity index (χ1n) is 4.19. The van der Waals surface area contributed by atoms with Crippen LogP contribution in [0.3, 0.4) is 0 Å². The highest BCUT2D eigenvalue weighted by Crippen LogP contribution is 2.32. The Morgan fingerprint density at radius 1 is 1.38 bits per heavy atom. The molecule has 0 aliphatic carbocycles. The predicted octanol–water partition coefficient (Wildman–Crippen LogP) is 2.83. The van der Waals surface area contributed by atoms with Crippen molar-refractivity contribution in [3.63, 3.8) is 0 Å². The lowest BCUT2D eigenvalue weighted by Gasteiger charge is -2.17. The van der Waals surface area contributed by atoms with Crippen molar-refractivity contribution < 1.29 is 13.5 Å². The number of aliphatic hydroxyl groups excluding tert-OH is 1. The third-order valence-corrected chi connectivity index (χ3v) is 7.03. The van der Waals surface area contributed by atoms with Crippen LogP contribution >= 0.6 is 45.8 Å². The molecule has 3 nitrogen and oxygen atoms in total. The van der Waals surface area contributed by atoms with Crippen LogP contribution in [-0.2, 0) is 9.84 Å². The molecular weight excluding hydrogens is 386 g/mol. The number of hydrogen-bond acceptors (Lipinski definition) is 3. The van der Waals surface area contributed by atoms with E-state index >= 15 is 0 Å². The molecule has 0 aliphatic rings. The summed E-state index contributed by atoms with van der Waals surface area (Å²) >= 11 is 13.3. The van der Waals surface area contributed by atoms with E-state index in [2.05, 4.69) is 0 Å². The standard InChI is InChI=1S/C9H9Cl2IO3S/c1-16(14,15)9(12)8(13)6-3-2-5(10)4-7(6)11/h2-4,8-9,13H,1H3/t8-,9+/m1/s1. The average Bonchev–Trinajstić information content (AvgIpc) is 2.14. The maximum atomic E-state index is 11.3. The highest BCUT2D eigenvalue weighted by atomic mass is 127. The SMILES string of the molecule is CS(=O)(=O)[C@H](I)[C@H](O)c1ccc(Cl)cc1Cl. The van der Waals surface area contributed by atoms with Crippen molar-refractivity contribution in [3.8, 4) is 0 Å². The summed E-state index contributed by atoms with van der Waals surface area (Å²) in [6.07, 6.45) is -0.0997. The van der Waals surface area contributed by atoms with E-state index in [0.717, 1.165) is 6.26 Å². The van der Waals surface area contributed by atoms with Crippen molar-refractivity contribution in [3.05, 3.63) is 33.8 Å². The van der Waals surface area contributed by atoms with Gasteiger partial charge in [-0.25, -0.2) is 8.42 Å². The zero-order valence-corrected chi connectivity index (χ0v) is 12.7. The van der Waals surface area contributed by atoms with Crippen molar-refractivity contribution >= 4 is 55.6 Å². The summed E-state index contributed by atoms with van der Waals surface area (Å²) in [5, 5.41) is 10.6. The molecular formula is C9H9Cl2IO3S. The minimum Gasteiger partial charge on any atom is -0.386 e. The van der Waals surface area contributed by atoms with Crippen LogP contribution < -0.4 is 0 Å². The molecule has 16 heavy (non-hydrogen) atoms. The molecule has 0 spiro atoms. The van der Waals surface area contributed by atoms with E-state index in [1.54, 1.807) is 28.7 Å². The second-order valence-corrected chi connectivity index (χ2v) is 8.49. The average molecular weight is 395 g/mol. The normalized spacial score (nSPS) is 15.8. The second kappa shape index (κ2) is 5.39. The Labute approximate surface area is 118 Å². The summed E-state index contributed by atoms with van der Waals surface area (Å²) in [5.41, 5.74) is 0.357. The van der Waals surface area contributed by atoms with Crippen molar-refractivity contribution in [1.29, 1.82) is 0 Å². The summed E-state index contributed by atoms with van der Waals surface area (Å²) in [6.45, 7) is 0. The van der Waals surface area contributed by atoms with Crippen LogP contribution in [0.25, 0.3) is 0 Å². The molecule has 0 saturated carbocycles. The summed E-state index contributed by atoms with van der Waals surface area (Å²) in [5.74, 6) is 0. The Bertz CT molecular complexity index is 490. The molecule has 1 N–H and O–H groups in total. The molecule has 0 unspecified atom stereocenters. The van der Waals surface area contributed by atoms with Crippen molar-refractivity contribution in [1.82, 2.24) is 0 Å². The lowest BCUT2D eigenvalue weighted by molar-refractivity contribution is 0.197. The predicted molar refractivity (Wildman–Crippen MR) is 74.1 cm³/mol. The van der Waals surface area contributed by atoms with Gasteiger partial charge < -0.3 is 5.11 Å². The first-order chi connectivity index (χ1) is 7.23. The summed E-state index contributed by atoms with van der Waals surface area (Å²) in [6, 6.07) is 4.54. The Morgan fingerprint density at radius 3 is 2.38 bits per heavy atom. The summed E-state index contributed by atoms with van der Waals surface area (Å²) in [7, 11) is -3.33. The van der Waals surface area contributed by atoms with Crippen LogP contribution in [0.5, 0.6) is 0 Å². The van der Waals surface area contributed by atoms with E-state index < -0.39 is 19.2 Å². The highest BCUT2D eigenvalue weighted by Gasteiger charge is 2.28. The second-order valence-electron chi connectivity index (χ2n) is 3.29. The minimum atomic E-state index is -3.33. The molecule has 0 aliphatic heterocycles. The van der Waals surface area contributed by atoms with Gasteiger partial charge in [0.1, 0.15) is 9.36 Å². The Hall–Kier alpha value is 0.440. The van der Waals surface area contributed by atoms with Gasteiger partial charge in [0.25, 0.3) is 0 Å². The van der Waals surface area contributed by atoms with Gasteiger partial charge in [-0.1, -0.05) is 51.9 Å². The van der Waals surface area contributed by atoms with Crippen molar-refractivity contribution in [2.24, 2.45) is 0 Å². The zero-order chi connectivity index (χ0) is 12.5. The van der Waals surface area contributed by atoms with E-state index in [4.69, 9.17) is 23.2 Å². The maximum Gasteiger partial charge on any atom is 0.162 e. The fraction of sp³-hybridized carbons (Fsp3) is 0.333. The first kappa shape index (κ1) is 14.5. The lowest BCUT2D eigenvalue weighted by atomic mass is 10.1. The molecule has 0 amide bonds. The fourth-order valence-electron chi connectivity index (χ4n) is 1.12. The Morgan fingerprint density at radius 2 is 1.94 bits per heavy atom. The van der Waals surface area contributed by atoms with E-state index in [1.807, 2.05) is 0 Å². The number of alkyl halides is 1. The molecule has 2 atom stereocenters. The number of rotatable bonds is 3. The van der Waals surface area contributed by atoms with E-state index in [-0.39, 0.29) is 5.02 Å². The third kappa shape index (κ3) is 3.46. The van der Waals surface area contributed by atoms with Gasteiger partial charge in [0.05, 0.1) is 0 Å². The van der Waals surface area contributed by atoms with E-state index in [9.17, 15) is 13.5 Å². The van der Waals surface area contributed by atoms with Gasteiger partial charge in [-0.15, -0.1) is 0 Å². The van der Waals surface area contributed by atoms with Gasteiger partial charge in [-0.3, -0.25) is 0 Å². The number of halogens is 3. The van der Waals surface area contributed by atoms with Crippen LogP contribution in [0.15, 0.2) is 18.2 Å².